The monoisotopic (exact) mass is 326 g/mol. The lowest BCUT2D eigenvalue weighted by atomic mass is 9.98. The molecule has 1 N–H and O–H groups in total. The highest BCUT2D eigenvalue weighted by molar-refractivity contribution is 6.31. The summed E-state index contributed by atoms with van der Waals surface area (Å²) in [6.07, 6.45) is 4.78. The first-order valence-corrected chi connectivity index (χ1v) is 7.64. The van der Waals surface area contributed by atoms with E-state index in [1.165, 1.54) is 6.07 Å². The van der Waals surface area contributed by atoms with Crippen LogP contribution in [0.15, 0.2) is 36.7 Å². The van der Waals surface area contributed by atoms with Gasteiger partial charge in [-0.2, -0.15) is 0 Å². The molecule has 1 unspecified atom stereocenters. The minimum absolute atomic E-state index is 0.224. The maximum absolute atomic E-state index is 14.2. The van der Waals surface area contributed by atoms with Gasteiger partial charge in [0.2, 0.25) is 0 Å². The third-order valence-corrected chi connectivity index (χ3v) is 3.94. The highest BCUT2D eigenvalue weighted by Crippen LogP contribution is 2.30. The third-order valence-electron chi connectivity index (χ3n) is 3.27. The second-order valence-corrected chi connectivity index (χ2v) is 5.63. The summed E-state index contributed by atoms with van der Waals surface area (Å²) in [5, 5.41) is 4.34. The van der Waals surface area contributed by atoms with Crippen LogP contribution in [0.1, 0.15) is 30.5 Å². The van der Waals surface area contributed by atoms with Gasteiger partial charge in [0.25, 0.3) is 0 Å². The van der Waals surface area contributed by atoms with Crippen LogP contribution in [0.3, 0.4) is 0 Å². The largest absolute Gasteiger partial charge is 0.310 e. The first-order chi connectivity index (χ1) is 10.1. The van der Waals surface area contributed by atoms with E-state index in [4.69, 9.17) is 23.2 Å². The van der Waals surface area contributed by atoms with E-state index in [0.29, 0.717) is 22.0 Å². The maximum atomic E-state index is 14.2. The zero-order valence-electron chi connectivity index (χ0n) is 11.7. The van der Waals surface area contributed by atoms with Gasteiger partial charge in [-0.25, -0.2) is 4.39 Å². The van der Waals surface area contributed by atoms with Crippen LogP contribution in [-0.2, 0) is 6.42 Å². The first-order valence-electron chi connectivity index (χ1n) is 6.89. The Morgan fingerprint density at radius 1 is 1.24 bits per heavy atom. The van der Waals surface area contributed by atoms with Gasteiger partial charge >= 0.3 is 0 Å². The van der Waals surface area contributed by atoms with E-state index in [0.717, 1.165) is 18.5 Å². The lowest BCUT2D eigenvalue weighted by Gasteiger charge is -2.21. The molecule has 1 aromatic heterocycles. The van der Waals surface area contributed by atoms with Gasteiger partial charge < -0.3 is 5.32 Å². The summed E-state index contributed by atoms with van der Waals surface area (Å²) in [5.41, 5.74) is 1.40. The highest BCUT2D eigenvalue weighted by atomic mass is 35.5. The summed E-state index contributed by atoms with van der Waals surface area (Å²) in [5.74, 6) is -0.304. The number of nitrogens with zero attached hydrogens (tertiary/aromatic N) is 1. The lowest BCUT2D eigenvalue weighted by Crippen LogP contribution is -2.25. The molecule has 112 valence electrons. The Hall–Kier alpha value is -1.16. The molecule has 0 spiro atoms. The standard InChI is InChI=1S/C16H17Cl2FN2/c1-2-7-21-15(9-11-6-8-20-10-13(11)18)16-12(17)4-3-5-14(16)19/h3-6,8,10,15,21H,2,7,9H2,1H3. The molecule has 2 rings (SSSR count). The molecule has 1 atom stereocenters. The van der Waals surface area contributed by atoms with Crippen LogP contribution in [0.25, 0.3) is 0 Å². The fraction of sp³-hybridized carbons (Fsp3) is 0.312. The molecule has 0 aliphatic rings. The van der Waals surface area contributed by atoms with Gasteiger partial charge in [-0.15, -0.1) is 0 Å². The van der Waals surface area contributed by atoms with E-state index in [2.05, 4.69) is 17.2 Å². The van der Waals surface area contributed by atoms with Crippen molar-refractivity contribution in [3.63, 3.8) is 0 Å². The van der Waals surface area contributed by atoms with Crippen molar-refractivity contribution >= 4 is 23.2 Å². The van der Waals surface area contributed by atoms with E-state index in [9.17, 15) is 4.39 Å². The van der Waals surface area contributed by atoms with Crippen LogP contribution in [0.4, 0.5) is 4.39 Å². The fourth-order valence-corrected chi connectivity index (χ4v) is 2.72. The van der Waals surface area contributed by atoms with E-state index in [-0.39, 0.29) is 11.9 Å². The topological polar surface area (TPSA) is 24.9 Å². The molecule has 0 aliphatic carbocycles. The predicted octanol–water partition coefficient (Wildman–Crippen LogP) is 4.81. The number of nitrogens with one attached hydrogen (secondary N) is 1. The van der Waals surface area contributed by atoms with Crippen molar-refractivity contribution in [1.82, 2.24) is 10.3 Å². The molecule has 0 bridgehead atoms. The Morgan fingerprint density at radius 3 is 2.71 bits per heavy atom. The summed E-state index contributed by atoms with van der Waals surface area (Å²) in [7, 11) is 0. The summed E-state index contributed by atoms with van der Waals surface area (Å²) in [6.45, 7) is 2.84. The van der Waals surface area contributed by atoms with Crippen molar-refractivity contribution in [2.24, 2.45) is 0 Å². The van der Waals surface area contributed by atoms with Crippen LogP contribution in [0.5, 0.6) is 0 Å². The minimum atomic E-state index is -0.304. The second kappa shape index (κ2) is 7.74. The smallest absolute Gasteiger partial charge is 0.129 e. The van der Waals surface area contributed by atoms with Crippen LogP contribution >= 0.6 is 23.2 Å². The normalized spacial score (nSPS) is 12.4. The summed E-state index contributed by atoms with van der Waals surface area (Å²) < 4.78 is 14.2. The molecule has 0 radical (unpaired) electrons. The molecule has 0 saturated carbocycles. The molecule has 2 aromatic rings. The first kappa shape index (κ1) is 16.2. The van der Waals surface area contributed by atoms with Gasteiger partial charge in [0.1, 0.15) is 5.82 Å². The van der Waals surface area contributed by atoms with Crippen molar-refractivity contribution in [2.75, 3.05) is 6.54 Å². The Kier molecular flexibility index (Phi) is 5.97. The zero-order chi connectivity index (χ0) is 15.2. The minimum Gasteiger partial charge on any atom is -0.310 e. The van der Waals surface area contributed by atoms with Crippen LogP contribution in [0, 0.1) is 5.82 Å². The molecule has 0 aliphatic heterocycles. The third kappa shape index (κ3) is 4.16. The predicted molar refractivity (Wildman–Crippen MR) is 85.4 cm³/mol. The summed E-state index contributed by atoms with van der Waals surface area (Å²) in [4.78, 5) is 3.97. The molecule has 5 heteroatoms. The average molecular weight is 327 g/mol. The van der Waals surface area contributed by atoms with Gasteiger partial charge in [-0.3, -0.25) is 4.98 Å². The quantitative estimate of drug-likeness (QED) is 0.823. The number of halogens is 3. The second-order valence-electron chi connectivity index (χ2n) is 4.81. The zero-order valence-corrected chi connectivity index (χ0v) is 13.3. The molecule has 1 aromatic carbocycles. The van der Waals surface area contributed by atoms with Crippen molar-refractivity contribution in [1.29, 1.82) is 0 Å². The number of benzene rings is 1. The van der Waals surface area contributed by atoms with Gasteiger partial charge in [0, 0.05) is 29.0 Å². The Bertz CT molecular complexity index is 584. The molecule has 0 amide bonds. The fourth-order valence-electron chi connectivity index (χ4n) is 2.23. The SMILES string of the molecule is CCCNC(Cc1ccncc1Cl)c1c(F)cccc1Cl. The van der Waals surface area contributed by atoms with Crippen molar-refractivity contribution < 1.29 is 4.39 Å². The van der Waals surface area contributed by atoms with Crippen molar-refractivity contribution in [3.05, 3.63) is 63.6 Å². The van der Waals surface area contributed by atoms with Crippen molar-refractivity contribution in [3.8, 4) is 0 Å². The number of hydrogen-bond acceptors (Lipinski definition) is 2. The van der Waals surface area contributed by atoms with Gasteiger partial charge in [0.15, 0.2) is 0 Å². The van der Waals surface area contributed by atoms with Gasteiger partial charge in [0.05, 0.1) is 5.02 Å². The molecule has 0 fully saturated rings. The number of pyridine rings is 1. The van der Waals surface area contributed by atoms with E-state index in [1.54, 1.807) is 24.5 Å². The van der Waals surface area contributed by atoms with E-state index in [1.807, 2.05) is 6.07 Å². The Morgan fingerprint density at radius 2 is 2.05 bits per heavy atom. The van der Waals surface area contributed by atoms with Crippen LogP contribution in [0.2, 0.25) is 10.0 Å². The summed E-state index contributed by atoms with van der Waals surface area (Å²) in [6, 6.07) is 6.36. The Balaban J connectivity index is 2.32. The lowest BCUT2D eigenvalue weighted by molar-refractivity contribution is 0.497. The average Bonchev–Trinajstić information content (AvgIpc) is 2.46. The van der Waals surface area contributed by atoms with E-state index < -0.39 is 0 Å². The number of rotatable bonds is 6. The number of hydrogen-bond donors (Lipinski definition) is 1. The Labute approximate surface area is 134 Å². The number of aromatic nitrogens is 1. The molecule has 1 heterocycles. The molecule has 2 nitrogen and oxygen atoms in total. The summed E-state index contributed by atoms with van der Waals surface area (Å²) >= 11 is 12.3. The molecule has 0 saturated heterocycles. The molecule has 21 heavy (non-hydrogen) atoms. The molecular formula is C16H17Cl2FN2. The van der Waals surface area contributed by atoms with Crippen molar-refractivity contribution in [2.45, 2.75) is 25.8 Å². The highest BCUT2D eigenvalue weighted by Gasteiger charge is 2.20. The van der Waals surface area contributed by atoms with Gasteiger partial charge in [-0.1, -0.05) is 36.2 Å². The molecular weight excluding hydrogens is 310 g/mol. The van der Waals surface area contributed by atoms with Gasteiger partial charge in [-0.05, 0) is 43.1 Å². The van der Waals surface area contributed by atoms with E-state index >= 15 is 0 Å². The van der Waals surface area contributed by atoms with Crippen LogP contribution < -0.4 is 5.32 Å². The maximum Gasteiger partial charge on any atom is 0.129 e. The van der Waals surface area contributed by atoms with Crippen LogP contribution in [-0.4, -0.2) is 11.5 Å².